The van der Waals surface area contributed by atoms with Gasteiger partial charge in [-0.05, 0) is 45.2 Å². The van der Waals surface area contributed by atoms with Gasteiger partial charge in [0.25, 0.3) is 0 Å². The fraction of sp³-hybridized carbons (Fsp3) is 0.600. The van der Waals surface area contributed by atoms with E-state index in [-0.39, 0.29) is 12.2 Å². The highest BCUT2D eigenvalue weighted by Crippen LogP contribution is 2.18. The molecule has 6 nitrogen and oxygen atoms in total. The van der Waals surface area contributed by atoms with E-state index in [0.717, 1.165) is 49.8 Å². The molecule has 2 atom stereocenters. The SMILES string of the molecule is CCNC(=NCc1ccc(N2CC(C)OC(C)C2)nc1)NC1CC=CC1. The first-order valence-electron chi connectivity index (χ1n) is 9.69. The average molecular weight is 358 g/mol. The van der Waals surface area contributed by atoms with Crippen LogP contribution in [-0.2, 0) is 11.3 Å². The predicted octanol–water partition coefficient (Wildman–Crippen LogP) is 2.47. The van der Waals surface area contributed by atoms with Crippen LogP contribution in [0.5, 0.6) is 0 Å². The van der Waals surface area contributed by atoms with Crippen LogP contribution in [0.3, 0.4) is 0 Å². The number of rotatable bonds is 5. The highest BCUT2D eigenvalue weighted by molar-refractivity contribution is 5.80. The molecule has 0 saturated carbocycles. The van der Waals surface area contributed by atoms with Crippen molar-refractivity contribution in [3.63, 3.8) is 0 Å². The molecule has 0 bridgehead atoms. The zero-order valence-corrected chi connectivity index (χ0v) is 16.1. The number of ether oxygens (including phenoxy) is 1. The molecule has 1 saturated heterocycles. The van der Waals surface area contributed by atoms with E-state index in [4.69, 9.17) is 9.73 Å². The molecule has 0 amide bonds. The summed E-state index contributed by atoms with van der Waals surface area (Å²) in [5.74, 6) is 1.89. The zero-order chi connectivity index (χ0) is 18.4. The van der Waals surface area contributed by atoms with E-state index >= 15 is 0 Å². The van der Waals surface area contributed by atoms with Gasteiger partial charge in [-0.2, -0.15) is 0 Å². The number of aliphatic imine (C=N–C) groups is 1. The molecule has 1 aliphatic carbocycles. The first-order valence-corrected chi connectivity index (χ1v) is 9.69. The molecule has 26 heavy (non-hydrogen) atoms. The van der Waals surface area contributed by atoms with Crippen LogP contribution in [0.1, 0.15) is 39.2 Å². The number of nitrogens with one attached hydrogen (secondary N) is 2. The second-order valence-corrected chi connectivity index (χ2v) is 7.17. The van der Waals surface area contributed by atoms with Gasteiger partial charge >= 0.3 is 0 Å². The Balaban J connectivity index is 1.58. The first-order chi connectivity index (χ1) is 12.6. The third-order valence-corrected chi connectivity index (χ3v) is 4.67. The van der Waals surface area contributed by atoms with Crippen molar-refractivity contribution in [2.45, 2.75) is 58.4 Å². The maximum atomic E-state index is 5.80. The molecule has 0 spiro atoms. The summed E-state index contributed by atoms with van der Waals surface area (Å²) in [6.45, 7) is 9.57. The van der Waals surface area contributed by atoms with Crippen LogP contribution in [0, 0.1) is 0 Å². The van der Waals surface area contributed by atoms with Gasteiger partial charge in [-0.1, -0.05) is 18.2 Å². The van der Waals surface area contributed by atoms with Gasteiger partial charge in [0.2, 0.25) is 0 Å². The van der Waals surface area contributed by atoms with Crippen LogP contribution in [0.15, 0.2) is 35.5 Å². The third-order valence-electron chi connectivity index (χ3n) is 4.67. The Bertz CT molecular complexity index is 610. The van der Waals surface area contributed by atoms with Gasteiger partial charge < -0.3 is 20.3 Å². The van der Waals surface area contributed by atoms with Gasteiger partial charge in [0, 0.05) is 31.9 Å². The summed E-state index contributed by atoms with van der Waals surface area (Å²) in [6, 6.07) is 4.67. The molecule has 6 heteroatoms. The Morgan fingerprint density at radius 1 is 1.23 bits per heavy atom. The van der Waals surface area contributed by atoms with Crippen LogP contribution in [-0.4, -0.2) is 48.8 Å². The lowest BCUT2D eigenvalue weighted by atomic mass is 10.2. The lowest BCUT2D eigenvalue weighted by Gasteiger charge is -2.36. The van der Waals surface area contributed by atoms with Crippen molar-refractivity contribution in [2.75, 3.05) is 24.5 Å². The summed E-state index contributed by atoms with van der Waals surface area (Å²) < 4.78 is 5.80. The van der Waals surface area contributed by atoms with E-state index in [1.54, 1.807) is 0 Å². The van der Waals surface area contributed by atoms with Crippen molar-refractivity contribution in [3.8, 4) is 0 Å². The van der Waals surface area contributed by atoms with E-state index < -0.39 is 0 Å². The minimum atomic E-state index is 0.239. The second-order valence-electron chi connectivity index (χ2n) is 7.17. The number of anilines is 1. The molecular formula is C20H31N5O. The molecule has 2 aliphatic rings. The quantitative estimate of drug-likeness (QED) is 0.482. The molecule has 0 aromatic carbocycles. The Morgan fingerprint density at radius 3 is 2.58 bits per heavy atom. The monoisotopic (exact) mass is 357 g/mol. The van der Waals surface area contributed by atoms with Gasteiger partial charge in [-0.15, -0.1) is 0 Å². The summed E-state index contributed by atoms with van der Waals surface area (Å²) >= 11 is 0. The van der Waals surface area contributed by atoms with Crippen LogP contribution in [0.2, 0.25) is 0 Å². The second kappa shape index (κ2) is 9.03. The lowest BCUT2D eigenvalue weighted by Crippen LogP contribution is -2.45. The number of hydrogen-bond acceptors (Lipinski definition) is 4. The fourth-order valence-corrected chi connectivity index (χ4v) is 3.48. The lowest BCUT2D eigenvalue weighted by molar-refractivity contribution is -0.00545. The van der Waals surface area contributed by atoms with Gasteiger partial charge in [-0.25, -0.2) is 9.98 Å². The van der Waals surface area contributed by atoms with Crippen LogP contribution < -0.4 is 15.5 Å². The van der Waals surface area contributed by atoms with E-state index in [1.165, 1.54) is 0 Å². The first kappa shape index (κ1) is 18.7. The largest absolute Gasteiger partial charge is 0.372 e. The average Bonchev–Trinajstić information content (AvgIpc) is 3.12. The van der Waals surface area contributed by atoms with Crippen molar-refractivity contribution in [1.82, 2.24) is 15.6 Å². The molecule has 1 aliphatic heterocycles. The molecule has 2 unspecified atom stereocenters. The Kier molecular flexibility index (Phi) is 6.50. The minimum Gasteiger partial charge on any atom is -0.372 e. The maximum absolute atomic E-state index is 5.80. The van der Waals surface area contributed by atoms with E-state index in [9.17, 15) is 0 Å². The normalized spacial score (nSPS) is 24.1. The maximum Gasteiger partial charge on any atom is 0.191 e. The zero-order valence-electron chi connectivity index (χ0n) is 16.1. The van der Waals surface area contributed by atoms with Gasteiger partial charge in [0.1, 0.15) is 5.82 Å². The Morgan fingerprint density at radius 2 is 1.96 bits per heavy atom. The van der Waals surface area contributed by atoms with Crippen LogP contribution in [0.25, 0.3) is 0 Å². The third kappa shape index (κ3) is 5.21. The fourth-order valence-electron chi connectivity index (χ4n) is 3.48. The van der Waals surface area contributed by atoms with Crippen molar-refractivity contribution >= 4 is 11.8 Å². The summed E-state index contributed by atoms with van der Waals surface area (Å²) in [4.78, 5) is 11.7. The van der Waals surface area contributed by atoms with Gasteiger partial charge in [-0.3, -0.25) is 0 Å². The molecule has 0 radical (unpaired) electrons. The molecule has 1 aromatic rings. The van der Waals surface area contributed by atoms with Crippen molar-refractivity contribution in [1.29, 1.82) is 0 Å². The smallest absolute Gasteiger partial charge is 0.191 e. The predicted molar refractivity (Wildman–Crippen MR) is 107 cm³/mol. The topological polar surface area (TPSA) is 61.8 Å². The molecule has 2 heterocycles. The van der Waals surface area contributed by atoms with Gasteiger partial charge in [0.15, 0.2) is 5.96 Å². The van der Waals surface area contributed by atoms with Crippen molar-refractivity contribution < 1.29 is 4.74 Å². The van der Waals surface area contributed by atoms with Crippen molar-refractivity contribution in [2.24, 2.45) is 4.99 Å². The molecule has 1 fully saturated rings. The Hall–Kier alpha value is -2.08. The highest BCUT2D eigenvalue weighted by atomic mass is 16.5. The highest BCUT2D eigenvalue weighted by Gasteiger charge is 2.22. The molecular weight excluding hydrogens is 326 g/mol. The summed E-state index contributed by atoms with van der Waals surface area (Å²) in [5.41, 5.74) is 1.12. The minimum absolute atomic E-state index is 0.239. The van der Waals surface area contributed by atoms with Crippen LogP contribution >= 0.6 is 0 Å². The number of guanidine groups is 1. The number of pyridine rings is 1. The number of aromatic nitrogens is 1. The van der Waals surface area contributed by atoms with E-state index in [0.29, 0.717) is 12.6 Å². The molecule has 3 rings (SSSR count). The summed E-state index contributed by atoms with van der Waals surface area (Å²) in [6.07, 6.45) is 8.99. The standard InChI is InChI=1S/C20H31N5O/c1-4-21-20(24-18-7-5-6-8-18)23-12-17-9-10-19(22-11-17)25-13-15(2)26-16(3)14-25/h5-6,9-11,15-16,18H,4,7-8,12-14H2,1-3H3,(H2,21,23,24). The van der Waals surface area contributed by atoms with Crippen molar-refractivity contribution in [3.05, 3.63) is 36.0 Å². The molecule has 142 valence electrons. The van der Waals surface area contributed by atoms with E-state index in [2.05, 4.69) is 65.6 Å². The number of morpholine rings is 1. The number of nitrogens with zero attached hydrogens (tertiary/aromatic N) is 3. The van der Waals surface area contributed by atoms with Gasteiger partial charge in [0.05, 0.1) is 18.8 Å². The molecule has 2 N–H and O–H groups in total. The van der Waals surface area contributed by atoms with Crippen LogP contribution in [0.4, 0.5) is 5.82 Å². The van der Waals surface area contributed by atoms with E-state index in [1.807, 2.05) is 6.20 Å². The number of hydrogen-bond donors (Lipinski definition) is 2. The summed E-state index contributed by atoms with van der Waals surface area (Å²) in [5, 5.41) is 6.81. The summed E-state index contributed by atoms with van der Waals surface area (Å²) in [7, 11) is 0. The molecule has 1 aromatic heterocycles. The Labute approximate surface area is 156 Å².